The van der Waals surface area contributed by atoms with Crippen LogP contribution in [-0.2, 0) is 0 Å². The minimum atomic E-state index is -4.57. The van der Waals surface area contributed by atoms with E-state index in [4.69, 9.17) is 28.5 Å². The lowest BCUT2D eigenvalue weighted by Gasteiger charge is -2.17. The van der Waals surface area contributed by atoms with Crippen molar-refractivity contribution in [1.82, 2.24) is 14.6 Å². The van der Waals surface area contributed by atoms with Crippen molar-refractivity contribution in [3.8, 4) is 17.2 Å². The summed E-state index contributed by atoms with van der Waals surface area (Å²) in [5, 5.41) is 23.9. The number of anilines is 1. The van der Waals surface area contributed by atoms with Crippen molar-refractivity contribution in [3.05, 3.63) is 45.7 Å². The minimum Gasteiger partial charge on any atom is -0.477 e. The van der Waals surface area contributed by atoms with Gasteiger partial charge in [-0.25, -0.2) is 9.78 Å². The minimum absolute atomic E-state index is 0.0204. The fraction of sp³-hybridized carbons (Fsp3) is 0.222. The van der Waals surface area contributed by atoms with Gasteiger partial charge in [0.1, 0.15) is 23.1 Å². The Morgan fingerprint density at radius 3 is 2.53 bits per heavy atom. The highest BCUT2D eigenvalue weighted by Gasteiger charge is 2.29. The van der Waals surface area contributed by atoms with Crippen LogP contribution in [0.4, 0.5) is 19.0 Å². The van der Waals surface area contributed by atoms with Gasteiger partial charge in [-0.3, -0.25) is 0 Å². The zero-order valence-corrected chi connectivity index (χ0v) is 17.1. The number of aromatic nitrogens is 3. The van der Waals surface area contributed by atoms with Crippen LogP contribution in [-0.4, -0.2) is 38.4 Å². The van der Waals surface area contributed by atoms with Gasteiger partial charge in [-0.2, -0.15) is 28.0 Å². The third-order valence-electron chi connectivity index (χ3n) is 3.66. The molecule has 3 aromatic rings. The fourth-order valence-corrected chi connectivity index (χ4v) is 3.04. The predicted octanol–water partition coefficient (Wildman–Crippen LogP) is 5.27. The van der Waals surface area contributed by atoms with Crippen molar-refractivity contribution in [2.45, 2.75) is 20.0 Å². The third kappa shape index (κ3) is 4.75. The Bertz CT molecular complexity index is 1140. The van der Waals surface area contributed by atoms with Gasteiger partial charge >= 0.3 is 12.1 Å². The van der Waals surface area contributed by atoms with Gasteiger partial charge in [-0.05, 0) is 12.1 Å². The Kier molecular flexibility index (Phi) is 7.12. The molecular formula is C18H14Cl2F3N5O2. The highest BCUT2D eigenvalue weighted by molar-refractivity contribution is 6.36. The maximum Gasteiger partial charge on any atom is 0.405 e. The Labute approximate surface area is 178 Å². The largest absolute Gasteiger partial charge is 0.477 e. The highest BCUT2D eigenvalue weighted by atomic mass is 35.5. The lowest BCUT2D eigenvalue weighted by atomic mass is 10.1. The first-order valence-corrected chi connectivity index (χ1v) is 9.19. The second-order valence-corrected chi connectivity index (χ2v) is 6.27. The molecule has 0 aliphatic rings. The molecule has 3 rings (SSSR count). The summed E-state index contributed by atoms with van der Waals surface area (Å²) in [6, 6.07) is 6.00. The SMILES string of the molecule is CC.N#Cc1ccc(-c2c(Cl)nc3c(C(=O)O)cnn3c2NCC(F)(F)F)c(Cl)c1. The molecule has 2 heterocycles. The summed E-state index contributed by atoms with van der Waals surface area (Å²) in [6.07, 6.45) is -3.62. The summed E-state index contributed by atoms with van der Waals surface area (Å²) >= 11 is 12.4. The van der Waals surface area contributed by atoms with Crippen LogP contribution >= 0.6 is 23.2 Å². The smallest absolute Gasteiger partial charge is 0.405 e. The summed E-state index contributed by atoms with van der Waals surface area (Å²) in [5.74, 6) is -1.61. The van der Waals surface area contributed by atoms with Gasteiger partial charge in [0.15, 0.2) is 5.65 Å². The predicted molar refractivity (Wildman–Crippen MR) is 106 cm³/mol. The second kappa shape index (κ2) is 9.19. The number of alkyl halides is 3. The number of aromatic carboxylic acids is 1. The molecule has 0 saturated carbocycles. The molecule has 0 spiro atoms. The number of hydrogen-bond acceptors (Lipinski definition) is 5. The Balaban J connectivity index is 0.00000155. The van der Waals surface area contributed by atoms with E-state index in [2.05, 4.69) is 15.4 Å². The molecule has 2 aromatic heterocycles. The summed E-state index contributed by atoms with van der Waals surface area (Å²) < 4.78 is 39.3. The number of nitrogens with one attached hydrogen (secondary N) is 1. The standard InChI is InChI=1S/C16H8Cl2F3N5O2.C2H6/c17-10-3-7(4-22)1-2-8(10)11-12(18)25-13-9(15(27)28)5-24-26(13)14(11)23-6-16(19,20)21;1-2/h1-3,5,23H,6H2,(H,27,28);1-2H3. The van der Waals surface area contributed by atoms with Crippen molar-refractivity contribution in [1.29, 1.82) is 5.26 Å². The van der Waals surface area contributed by atoms with Crippen LogP contribution in [0.3, 0.4) is 0 Å². The molecule has 0 saturated heterocycles. The number of nitrogens with zero attached hydrogens (tertiary/aromatic N) is 4. The van der Waals surface area contributed by atoms with E-state index < -0.39 is 18.7 Å². The van der Waals surface area contributed by atoms with E-state index in [-0.39, 0.29) is 43.9 Å². The van der Waals surface area contributed by atoms with Crippen molar-refractivity contribution >= 4 is 40.6 Å². The van der Waals surface area contributed by atoms with Crippen molar-refractivity contribution in [2.75, 3.05) is 11.9 Å². The number of nitriles is 1. The third-order valence-corrected chi connectivity index (χ3v) is 4.24. The molecule has 0 radical (unpaired) electrons. The summed E-state index contributed by atoms with van der Waals surface area (Å²) in [5.41, 5.74) is -0.175. The van der Waals surface area contributed by atoms with Crippen LogP contribution in [0.5, 0.6) is 0 Å². The van der Waals surface area contributed by atoms with E-state index in [1.807, 2.05) is 19.9 Å². The molecule has 0 unspecified atom stereocenters. The first-order valence-electron chi connectivity index (χ1n) is 8.43. The Morgan fingerprint density at radius 2 is 2.00 bits per heavy atom. The molecular weight excluding hydrogens is 446 g/mol. The zero-order chi connectivity index (χ0) is 22.6. The number of carbonyl (C=O) groups is 1. The zero-order valence-electron chi connectivity index (χ0n) is 15.6. The van der Waals surface area contributed by atoms with Crippen molar-refractivity contribution in [3.63, 3.8) is 0 Å². The Hall–Kier alpha value is -3.03. The average Bonchev–Trinajstić information content (AvgIpc) is 3.11. The lowest BCUT2D eigenvalue weighted by molar-refractivity contribution is -0.115. The summed E-state index contributed by atoms with van der Waals surface area (Å²) in [6.45, 7) is 2.56. The molecule has 12 heteroatoms. The monoisotopic (exact) mass is 459 g/mol. The molecule has 0 atom stereocenters. The number of benzene rings is 1. The van der Waals surface area contributed by atoms with Crippen LogP contribution in [0.25, 0.3) is 16.8 Å². The van der Waals surface area contributed by atoms with Crippen LogP contribution in [0, 0.1) is 11.3 Å². The van der Waals surface area contributed by atoms with Crippen LogP contribution in [0.15, 0.2) is 24.4 Å². The molecule has 0 amide bonds. The van der Waals surface area contributed by atoms with Gasteiger partial charge in [0.25, 0.3) is 0 Å². The Morgan fingerprint density at radius 1 is 1.33 bits per heavy atom. The normalized spacial score (nSPS) is 10.9. The van der Waals surface area contributed by atoms with Gasteiger partial charge in [-0.1, -0.05) is 43.1 Å². The highest BCUT2D eigenvalue weighted by Crippen LogP contribution is 2.39. The molecule has 1 aromatic carbocycles. The van der Waals surface area contributed by atoms with Crippen molar-refractivity contribution < 1.29 is 23.1 Å². The summed E-state index contributed by atoms with van der Waals surface area (Å²) in [7, 11) is 0. The molecule has 0 fully saturated rings. The maximum absolute atomic E-state index is 12.8. The van der Waals surface area contributed by atoms with Gasteiger partial charge < -0.3 is 10.4 Å². The van der Waals surface area contributed by atoms with Crippen LogP contribution in [0.1, 0.15) is 29.8 Å². The molecule has 0 aliphatic carbocycles. The molecule has 0 aliphatic heterocycles. The summed E-state index contributed by atoms with van der Waals surface area (Å²) in [4.78, 5) is 15.3. The van der Waals surface area contributed by atoms with Gasteiger partial charge in [0.2, 0.25) is 0 Å². The fourth-order valence-electron chi connectivity index (χ4n) is 2.49. The van der Waals surface area contributed by atoms with E-state index in [0.29, 0.717) is 0 Å². The average molecular weight is 460 g/mol. The maximum atomic E-state index is 12.8. The number of halogens is 5. The van der Waals surface area contributed by atoms with E-state index >= 15 is 0 Å². The van der Waals surface area contributed by atoms with E-state index in [0.717, 1.165) is 10.7 Å². The van der Waals surface area contributed by atoms with Gasteiger partial charge in [-0.15, -0.1) is 0 Å². The molecule has 7 nitrogen and oxygen atoms in total. The van der Waals surface area contributed by atoms with E-state index in [9.17, 15) is 23.1 Å². The number of carboxylic acids is 1. The quantitative estimate of drug-likeness (QED) is 0.514. The number of carboxylic acid groups (broad SMARTS) is 1. The molecule has 2 N–H and O–H groups in total. The van der Waals surface area contributed by atoms with Crippen LogP contribution < -0.4 is 5.32 Å². The second-order valence-electron chi connectivity index (χ2n) is 5.50. The first kappa shape index (κ1) is 23.3. The van der Waals surface area contributed by atoms with Gasteiger partial charge in [0, 0.05) is 10.6 Å². The molecule has 158 valence electrons. The number of rotatable bonds is 4. The molecule has 0 bridgehead atoms. The number of hydrogen-bond donors (Lipinski definition) is 2. The topological polar surface area (TPSA) is 103 Å². The van der Waals surface area contributed by atoms with E-state index in [1.54, 1.807) is 0 Å². The van der Waals surface area contributed by atoms with Crippen LogP contribution in [0.2, 0.25) is 10.2 Å². The van der Waals surface area contributed by atoms with E-state index in [1.165, 1.54) is 18.2 Å². The van der Waals surface area contributed by atoms with Gasteiger partial charge in [0.05, 0.1) is 23.4 Å². The first-order chi connectivity index (χ1) is 14.1. The number of fused-ring (bicyclic) bond motifs is 1. The lowest BCUT2D eigenvalue weighted by Crippen LogP contribution is -2.23. The molecule has 30 heavy (non-hydrogen) atoms. The van der Waals surface area contributed by atoms with Crippen molar-refractivity contribution in [2.24, 2.45) is 0 Å².